The first-order valence-corrected chi connectivity index (χ1v) is 7.13. The minimum atomic E-state index is -0.994. The first-order chi connectivity index (χ1) is 8.52. The van der Waals surface area contributed by atoms with Gasteiger partial charge in [0, 0.05) is 24.1 Å². The lowest BCUT2D eigenvalue weighted by Gasteiger charge is -2.27. The number of carboxylic acid groups (broad SMARTS) is 1. The molecule has 0 fully saturated rings. The summed E-state index contributed by atoms with van der Waals surface area (Å²) in [7, 11) is 0. The van der Waals surface area contributed by atoms with E-state index in [9.17, 15) is 9.59 Å². The van der Waals surface area contributed by atoms with Crippen molar-refractivity contribution in [2.75, 3.05) is 24.6 Å². The molecule has 2 amide bonds. The molecule has 0 aliphatic heterocycles. The van der Waals surface area contributed by atoms with Crippen molar-refractivity contribution in [3.8, 4) is 0 Å². The third-order valence-electron chi connectivity index (χ3n) is 2.45. The Morgan fingerprint density at radius 3 is 2.72 bits per heavy atom. The quantitative estimate of drug-likeness (QED) is 0.497. The fraction of sp³-hybridized carbons (Fsp3) is 0.667. The van der Waals surface area contributed by atoms with Crippen molar-refractivity contribution in [1.29, 1.82) is 0 Å². The molecule has 0 heterocycles. The zero-order valence-corrected chi connectivity index (χ0v) is 11.8. The van der Waals surface area contributed by atoms with Gasteiger partial charge in [0.05, 0.1) is 0 Å². The Kier molecular flexibility index (Phi) is 9.18. The highest BCUT2D eigenvalue weighted by atomic mass is 32.2. The van der Waals surface area contributed by atoms with Crippen LogP contribution in [0.3, 0.4) is 0 Å². The Balaban J connectivity index is 4.12. The van der Waals surface area contributed by atoms with Crippen molar-refractivity contribution >= 4 is 23.8 Å². The summed E-state index contributed by atoms with van der Waals surface area (Å²) in [5, 5.41) is 11.5. The molecule has 6 heteroatoms. The molecular formula is C12H22N2O3S. The summed E-state index contributed by atoms with van der Waals surface area (Å²) in [5.74, 6) is 0.644. The average Bonchev–Trinajstić information content (AvgIpc) is 2.34. The van der Waals surface area contributed by atoms with Crippen molar-refractivity contribution in [1.82, 2.24) is 10.2 Å². The number of rotatable bonds is 9. The molecule has 0 saturated carbocycles. The molecule has 0 aliphatic rings. The van der Waals surface area contributed by atoms with Gasteiger partial charge in [-0.2, -0.15) is 11.8 Å². The Morgan fingerprint density at radius 2 is 2.22 bits per heavy atom. The molecule has 0 spiro atoms. The number of amides is 2. The Morgan fingerprint density at radius 1 is 1.56 bits per heavy atom. The minimum absolute atomic E-state index is 0.0815. The number of nitrogens with one attached hydrogen (secondary N) is 1. The summed E-state index contributed by atoms with van der Waals surface area (Å²) >= 11 is 1.67. The van der Waals surface area contributed by atoms with E-state index in [4.69, 9.17) is 5.11 Å². The van der Waals surface area contributed by atoms with E-state index < -0.39 is 5.97 Å². The van der Waals surface area contributed by atoms with E-state index in [0.29, 0.717) is 6.54 Å². The van der Waals surface area contributed by atoms with Gasteiger partial charge in [-0.3, -0.25) is 4.79 Å². The van der Waals surface area contributed by atoms with E-state index in [2.05, 4.69) is 11.9 Å². The van der Waals surface area contributed by atoms with Gasteiger partial charge in [0.15, 0.2) is 0 Å². The number of nitrogens with zero attached hydrogens (tertiary/aromatic N) is 1. The molecule has 2 N–H and O–H groups in total. The van der Waals surface area contributed by atoms with Crippen molar-refractivity contribution in [3.63, 3.8) is 0 Å². The standard InChI is InChI=1S/C12H22N2O3S/c1-4-7-18-8-6-13-12(17)14(9-11(15)16)10(3)5-2/h4,10H,1,5-9H2,2-3H3,(H,13,17)(H,15,16). The van der Waals surface area contributed by atoms with E-state index in [1.807, 2.05) is 19.9 Å². The van der Waals surface area contributed by atoms with Crippen LogP contribution in [0.15, 0.2) is 12.7 Å². The van der Waals surface area contributed by atoms with Crippen LogP contribution in [0.5, 0.6) is 0 Å². The third-order valence-corrected chi connectivity index (χ3v) is 3.41. The normalized spacial score (nSPS) is 11.7. The monoisotopic (exact) mass is 274 g/mol. The zero-order valence-electron chi connectivity index (χ0n) is 11.0. The number of hydrogen-bond acceptors (Lipinski definition) is 3. The molecule has 1 atom stereocenters. The van der Waals surface area contributed by atoms with Gasteiger partial charge in [-0.15, -0.1) is 6.58 Å². The van der Waals surface area contributed by atoms with Gasteiger partial charge in [0.25, 0.3) is 0 Å². The number of hydrogen-bond donors (Lipinski definition) is 2. The summed E-state index contributed by atoms with van der Waals surface area (Å²) in [4.78, 5) is 23.9. The number of carbonyl (C=O) groups is 2. The average molecular weight is 274 g/mol. The number of urea groups is 1. The van der Waals surface area contributed by atoms with Crippen molar-refractivity contribution in [3.05, 3.63) is 12.7 Å². The summed E-state index contributed by atoms with van der Waals surface area (Å²) in [6.07, 6.45) is 2.54. The maximum atomic E-state index is 11.8. The number of aliphatic carboxylic acids is 1. The maximum Gasteiger partial charge on any atom is 0.323 e. The van der Waals surface area contributed by atoms with Crippen LogP contribution in [0.4, 0.5) is 4.79 Å². The molecule has 1 unspecified atom stereocenters. The van der Waals surface area contributed by atoms with Crippen LogP contribution in [0.25, 0.3) is 0 Å². The van der Waals surface area contributed by atoms with E-state index >= 15 is 0 Å². The Labute approximate surface area is 113 Å². The van der Waals surface area contributed by atoms with Gasteiger partial charge in [-0.1, -0.05) is 13.0 Å². The SMILES string of the molecule is C=CCSCCNC(=O)N(CC(=O)O)C(C)CC. The summed E-state index contributed by atoms with van der Waals surface area (Å²) in [6, 6.07) is -0.395. The second-order valence-corrected chi connectivity index (χ2v) is 5.02. The van der Waals surface area contributed by atoms with Crippen molar-refractivity contribution in [2.24, 2.45) is 0 Å². The van der Waals surface area contributed by atoms with E-state index in [0.717, 1.165) is 17.9 Å². The highest BCUT2D eigenvalue weighted by Gasteiger charge is 2.20. The predicted octanol–water partition coefficient (Wildman–Crippen LogP) is 1.80. The lowest BCUT2D eigenvalue weighted by atomic mass is 10.2. The summed E-state index contributed by atoms with van der Waals surface area (Å²) < 4.78 is 0. The van der Waals surface area contributed by atoms with Crippen LogP contribution in [0.2, 0.25) is 0 Å². The molecular weight excluding hydrogens is 252 g/mol. The highest BCUT2D eigenvalue weighted by Crippen LogP contribution is 2.04. The topological polar surface area (TPSA) is 69.6 Å². The van der Waals surface area contributed by atoms with Crippen LogP contribution in [-0.2, 0) is 4.79 Å². The molecule has 0 aliphatic carbocycles. The molecule has 18 heavy (non-hydrogen) atoms. The third kappa shape index (κ3) is 7.21. The lowest BCUT2D eigenvalue weighted by molar-refractivity contribution is -0.138. The molecule has 5 nitrogen and oxygen atoms in total. The first-order valence-electron chi connectivity index (χ1n) is 5.97. The summed E-state index contributed by atoms with van der Waals surface area (Å²) in [6.45, 7) is 7.64. The molecule has 0 aromatic heterocycles. The molecule has 0 aromatic rings. The van der Waals surface area contributed by atoms with Gasteiger partial charge in [-0.25, -0.2) is 4.79 Å². The van der Waals surface area contributed by atoms with Crippen LogP contribution in [0, 0.1) is 0 Å². The van der Waals surface area contributed by atoms with Crippen LogP contribution < -0.4 is 5.32 Å². The molecule has 0 aromatic carbocycles. The lowest BCUT2D eigenvalue weighted by Crippen LogP contribution is -2.47. The second-order valence-electron chi connectivity index (χ2n) is 3.87. The number of thioether (sulfide) groups is 1. The maximum absolute atomic E-state index is 11.8. The van der Waals surface area contributed by atoms with Crippen LogP contribution >= 0.6 is 11.8 Å². The van der Waals surface area contributed by atoms with Gasteiger partial charge in [0.1, 0.15) is 6.54 Å². The minimum Gasteiger partial charge on any atom is -0.480 e. The summed E-state index contributed by atoms with van der Waals surface area (Å²) in [5.41, 5.74) is 0. The Hall–Kier alpha value is -1.17. The van der Waals surface area contributed by atoms with Gasteiger partial charge in [-0.05, 0) is 13.3 Å². The van der Waals surface area contributed by atoms with Gasteiger partial charge >= 0.3 is 12.0 Å². The Bertz CT molecular complexity index is 284. The molecule has 0 rings (SSSR count). The molecule has 0 bridgehead atoms. The van der Waals surface area contributed by atoms with Crippen LogP contribution in [0.1, 0.15) is 20.3 Å². The zero-order chi connectivity index (χ0) is 14.0. The van der Waals surface area contributed by atoms with Crippen LogP contribution in [-0.4, -0.2) is 52.6 Å². The van der Waals surface area contributed by atoms with Crippen molar-refractivity contribution in [2.45, 2.75) is 26.3 Å². The second kappa shape index (κ2) is 9.82. The first kappa shape index (κ1) is 16.8. The van der Waals surface area contributed by atoms with Gasteiger partial charge in [0.2, 0.25) is 0 Å². The van der Waals surface area contributed by atoms with E-state index in [1.54, 1.807) is 11.8 Å². The smallest absolute Gasteiger partial charge is 0.323 e. The van der Waals surface area contributed by atoms with E-state index in [-0.39, 0.29) is 18.6 Å². The van der Waals surface area contributed by atoms with Crippen molar-refractivity contribution < 1.29 is 14.7 Å². The molecule has 104 valence electrons. The molecule has 0 saturated heterocycles. The molecule has 0 radical (unpaired) electrons. The highest BCUT2D eigenvalue weighted by molar-refractivity contribution is 7.99. The number of carbonyl (C=O) groups excluding carboxylic acids is 1. The fourth-order valence-electron chi connectivity index (χ4n) is 1.29. The van der Waals surface area contributed by atoms with E-state index in [1.165, 1.54) is 4.90 Å². The fourth-order valence-corrected chi connectivity index (χ4v) is 1.87. The largest absolute Gasteiger partial charge is 0.480 e. The predicted molar refractivity (Wildman–Crippen MR) is 75.0 cm³/mol. The van der Waals surface area contributed by atoms with Gasteiger partial charge < -0.3 is 15.3 Å². The number of carboxylic acids is 1.